The molecule has 3 aromatic rings. The van der Waals surface area contributed by atoms with Crippen molar-refractivity contribution in [3.05, 3.63) is 70.9 Å². The lowest BCUT2D eigenvalue weighted by Crippen LogP contribution is -2.24. The van der Waals surface area contributed by atoms with Gasteiger partial charge in [0.2, 0.25) is 5.95 Å². The second-order valence-electron chi connectivity index (χ2n) is 5.11. The van der Waals surface area contributed by atoms with E-state index in [2.05, 4.69) is 20.6 Å². The molecule has 0 radical (unpaired) electrons. The van der Waals surface area contributed by atoms with E-state index in [-0.39, 0.29) is 11.6 Å². The molecule has 0 bridgehead atoms. The van der Waals surface area contributed by atoms with E-state index in [1.807, 2.05) is 13.0 Å². The van der Waals surface area contributed by atoms with Gasteiger partial charge in [0.25, 0.3) is 5.91 Å². The number of aryl methyl sites for hydroxylation is 1. The second-order valence-corrected chi connectivity index (χ2v) is 5.55. The molecule has 0 atom stereocenters. The molecule has 2 heterocycles. The van der Waals surface area contributed by atoms with Crippen LogP contribution in [0.1, 0.15) is 21.8 Å². The summed E-state index contributed by atoms with van der Waals surface area (Å²) in [5.74, 6) is 0.691. The van der Waals surface area contributed by atoms with E-state index in [0.717, 1.165) is 11.3 Å². The molecular formula is C17H15ClN4O2. The molecule has 2 N–H and O–H groups in total. The van der Waals surface area contributed by atoms with Crippen LogP contribution in [0.25, 0.3) is 0 Å². The fourth-order valence-electron chi connectivity index (χ4n) is 2.07. The van der Waals surface area contributed by atoms with Crippen molar-refractivity contribution in [1.29, 1.82) is 0 Å². The van der Waals surface area contributed by atoms with Crippen molar-refractivity contribution in [3.63, 3.8) is 0 Å². The van der Waals surface area contributed by atoms with E-state index in [0.29, 0.717) is 23.3 Å². The molecule has 24 heavy (non-hydrogen) atoms. The number of aromatic nitrogens is 2. The highest BCUT2D eigenvalue weighted by molar-refractivity contribution is 6.30. The maximum atomic E-state index is 12.2. The summed E-state index contributed by atoms with van der Waals surface area (Å²) in [5, 5.41) is 6.42. The third kappa shape index (κ3) is 3.91. The molecule has 0 aliphatic heterocycles. The summed E-state index contributed by atoms with van der Waals surface area (Å²) in [7, 11) is 0. The zero-order chi connectivity index (χ0) is 16.9. The smallest absolute Gasteiger partial charge is 0.270 e. The summed E-state index contributed by atoms with van der Waals surface area (Å²) in [6.07, 6.45) is 3.08. The van der Waals surface area contributed by atoms with Crippen LogP contribution >= 0.6 is 11.6 Å². The Hall–Kier alpha value is -2.86. The molecule has 122 valence electrons. The number of rotatable bonds is 5. The van der Waals surface area contributed by atoms with Gasteiger partial charge in [-0.05, 0) is 42.8 Å². The topological polar surface area (TPSA) is 80.0 Å². The van der Waals surface area contributed by atoms with Gasteiger partial charge in [-0.3, -0.25) is 4.79 Å². The minimum absolute atomic E-state index is 0.263. The fraction of sp³-hybridized carbons (Fsp3) is 0.118. The summed E-state index contributed by atoms with van der Waals surface area (Å²) in [6.45, 7) is 2.24. The first kappa shape index (κ1) is 16.0. The van der Waals surface area contributed by atoms with E-state index in [9.17, 15) is 4.79 Å². The highest BCUT2D eigenvalue weighted by Crippen LogP contribution is 2.22. The Morgan fingerprint density at radius 1 is 1.29 bits per heavy atom. The molecule has 0 unspecified atom stereocenters. The van der Waals surface area contributed by atoms with Crippen LogP contribution in [0.2, 0.25) is 5.02 Å². The number of carbonyl (C=O) groups is 1. The van der Waals surface area contributed by atoms with Gasteiger partial charge in [-0.15, -0.1) is 0 Å². The maximum absolute atomic E-state index is 12.2. The first-order valence-electron chi connectivity index (χ1n) is 7.28. The second kappa shape index (κ2) is 7.14. The SMILES string of the molecule is Cc1ccc(Cl)cc1Nc1nccc(C(=O)NCc2ccco2)n1. The van der Waals surface area contributed by atoms with Gasteiger partial charge in [-0.25, -0.2) is 9.97 Å². The standard InChI is InChI=1S/C17H15ClN4O2/c1-11-4-5-12(18)9-15(11)22-17-19-7-6-14(21-17)16(23)20-10-13-3-2-8-24-13/h2-9H,10H2,1H3,(H,20,23)(H,19,21,22). The molecule has 1 amide bonds. The van der Waals surface area contributed by atoms with Crippen LogP contribution in [0, 0.1) is 6.92 Å². The molecule has 6 nitrogen and oxygen atoms in total. The fourth-order valence-corrected chi connectivity index (χ4v) is 2.24. The Bertz CT molecular complexity index is 850. The van der Waals surface area contributed by atoms with Crippen LogP contribution in [-0.2, 0) is 6.54 Å². The minimum Gasteiger partial charge on any atom is -0.467 e. The van der Waals surface area contributed by atoms with Gasteiger partial charge in [0.15, 0.2) is 0 Å². The lowest BCUT2D eigenvalue weighted by atomic mass is 10.2. The van der Waals surface area contributed by atoms with Crippen LogP contribution in [0.15, 0.2) is 53.3 Å². The first-order chi connectivity index (χ1) is 11.6. The van der Waals surface area contributed by atoms with Crippen molar-refractivity contribution in [2.45, 2.75) is 13.5 Å². The number of halogens is 1. The van der Waals surface area contributed by atoms with Crippen LogP contribution in [0.3, 0.4) is 0 Å². The molecule has 0 saturated carbocycles. The van der Waals surface area contributed by atoms with Gasteiger partial charge in [0, 0.05) is 16.9 Å². The number of nitrogens with zero attached hydrogens (tertiary/aromatic N) is 2. The number of hydrogen-bond acceptors (Lipinski definition) is 5. The molecule has 7 heteroatoms. The van der Waals surface area contributed by atoms with Crippen molar-refractivity contribution in [1.82, 2.24) is 15.3 Å². The van der Waals surface area contributed by atoms with E-state index < -0.39 is 0 Å². The van der Waals surface area contributed by atoms with Crippen molar-refractivity contribution in [3.8, 4) is 0 Å². The number of benzene rings is 1. The first-order valence-corrected chi connectivity index (χ1v) is 7.66. The molecule has 0 aliphatic carbocycles. The minimum atomic E-state index is -0.306. The number of anilines is 2. The van der Waals surface area contributed by atoms with E-state index in [4.69, 9.17) is 16.0 Å². The predicted molar refractivity (Wildman–Crippen MR) is 91.4 cm³/mol. The monoisotopic (exact) mass is 342 g/mol. The summed E-state index contributed by atoms with van der Waals surface area (Å²) in [5.41, 5.74) is 2.05. The largest absolute Gasteiger partial charge is 0.467 e. The Morgan fingerprint density at radius 3 is 2.96 bits per heavy atom. The number of furan rings is 1. The van der Waals surface area contributed by atoms with Gasteiger partial charge >= 0.3 is 0 Å². The van der Waals surface area contributed by atoms with Crippen LogP contribution in [0.4, 0.5) is 11.6 Å². The Kier molecular flexibility index (Phi) is 4.77. The molecule has 3 rings (SSSR count). The lowest BCUT2D eigenvalue weighted by molar-refractivity contribution is 0.0943. The Labute approximate surface area is 143 Å². The van der Waals surface area contributed by atoms with E-state index >= 15 is 0 Å². The number of hydrogen-bond donors (Lipinski definition) is 2. The van der Waals surface area contributed by atoms with Gasteiger partial charge in [0.05, 0.1) is 12.8 Å². The molecule has 2 aromatic heterocycles. The van der Waals surface area contributed by atoms with E-state index in [1.165, 1.54) is 6.20 Å². The van der Waals surface area contributed by atoms with Crippen LogP contribution in [0.5, 0.6) is 0 Å². The molecule has 0 fully saturated rings. The molecular weight excluding hydrogens is 328 g/mol. The number of carbonyl (C=O) groups excluding carboxylic acids is 1. The zero-order valence-electron chi connectivity index (χ0n) is 12.9. The summed E-state index contributed by atoms with van der Waals surface area (Å²) in [6, 6.07) is 10.6. The van der Waals surface area contributed by atoms with Crippen molar-refractivity contribution >= 4 is 29.1 Å². The van der Waals surface area contributed by atoms with Crippen molar-refractivity contribution < 1.29 is 9.21 Å². The molecule has 0 spiro atoms. The molecule has 0 saturated heterocycles. The van der Waals surface area contributed by atoms with Crippen LogP contribution in [-0.4, -0.2) is 15.9 Å². The number of nitrogens with one attached hydrogen (secondary N) is 2. The number of amides is 1. The summed E-state index contributed by atoms with van der Waals surface area (Å²) < 4.78 is 5.17. The predicted octanol–water partition coefficient (Wildman–Crippen LogP) is 3.71. The average Bonchev–Trinajstić information content (AvgIpc) is 3.10. The van der Waals surface area contributed by atoms with Crippen molar-refractivity contribution in [2.75, 3.05) is 5.32 Å². The van der Waals surface area contributed by atoms with Gasteiger partial charge in [-0.2, -0.15) is 0 Å². The lowest BCUT2D eigenvalue weighted by Gasteiger charge is -2.09. The summed E-state index contributed by atoms with van der Waals surface area (Å²) in [4.78, 5) is 20.5. The average molecular weight is 343 g/mol. The highest BCUT2D eigenvalue weighted by atomic mass is 35.5. The third-order valence-corrected chi connectivity index (χ3v) is 3.57. The van der Waals surface area contributed by atoms with Gasteiger partial charge in [-0.1, -0.05) is 17.7 Å². The zero-order valence-corrected chi connectivity index (χ0v) is 13.7. The quantitative estimate of drug-likeness (QED) is 0.739. The van der Waals surface area contributed by atoms with Gasteiger partial charge < -0.3 is 15.1 Å². The summed E-state index contributed by atoms with van der Waals surface area (Å²) >= 11 is 6.00. The third-order valence-electron chi connectivity index (χ3n) is 3.34. The Balaban J connectivity index is 1.71. The Morgan fingerprint density at radius 2 is 2.17 bits per heavy atom. The van der Waals surface area contributed by atoms with Crippen molar-refractivity contribution in [2.24, 2.45) is 0 Å². The highest BCUT2D eigenvalue weighted by Gasteiger charge is 2.10. The normalized spacial score (nSPS) is 10.4. The van der Waals surface area contributed by atoms with Gasteiger partial charge in [0.1, 0.15) is 11.5 Å². The maximum Gasteiger partial charge on any atom is 0.270 e. The van der Waals surface area contributed by atoms with E-state index in [1.54, 1.807) is 36.6 Å². The molecule has 1 aromatic carbocycles. The van der Waals surface area contributed by atoms with Crippen LogP contribution < -0.4 is 10.6 Å². The molecule has 0 aliphatic rings.